The van der Waals surface area contributed by atoms with E-state index in [1.54, 1.807) is 14.2 Å². The Labute approximate surface area is 126 Å². The van der Waals surface area contributed by atoms with Gasteiger partial charge >= 0.3 is 5.97 Å². The van der Waals surface area contributed by atoms with Gasteiger partial charge in [-0.15, -0.1) is 5.10 Å². The molecular weight excluding hydrogens is 288 g/mol. The quantitative estimate of drug-likeness (QED) is 0.841. The highest BCUT2D eigenvalue weighted by Gasteiger charge is 2.14. The third-order valence-corrected chi connectivity index (χ3v) is 3.03. The van der Waals surface area contributed by atoms with Crippen LogP contribution in [0.15, 0.2) is 30.5 Å². The topological polar surface area (TPSA) is 97.5 Å². The molecule has 0 saturated heterocycles. The van der Waals surface area contributed by atoms with Gasteiger partial charge in [-0.1, -0.05) is 17.3 Å². The highest BCUT2D eigenvalue weighted by atomic mass is 16.5. The first-order valence-corrected chi connectivity index (χ1v) is 6.50. The summed E-state index contributed by atoms with van der Waals surface area (Å²) in [5, 5.41) is 15.8. The van der Waals surface area contributed by atoms with Gasteiger partial charge < -0.3 is 14.7 Å². The SMILES string of the molecule is COc1cccc(CN(C)C(=O)Cn2cc(C(=O)O)nn2)c1. The molecule has 0 aliphatic heterocycles. The van der Waals surface area contributed by atoms with Crippen molar-refractivity contribution < 1.29 is 19.4 Å². The molecule has 116 valence electrons. The van der Waals surface area contributed by atoms with E-state index in [2.05, 4.69) is 10.3 Å². The fourth-order valence-corrected chi connectivity index (χ4v) is 1.87. The minimum atomic E-state index is -1.18. The van der Waals surface area contributed by atoms with Gasteiger partial charge in [0, 0.05) is 13.6 Å². The fraction of sp³-hybridized carbons (Fsp3) is 0.286. The van der Waals surface area contributed by atoms with Crippen molar-refractivity contribution in [3.8, 4) is 5.75 Å². The van der Waals surface area contributed by atoms with Gasteiger partial charge in [0.25, 0.3) is 0 Å². The molecule has 0 aliphatic rings. The minimum absolute atomic E-state index is 0.0687. The molecule has 1 aromatic carbocycles. The van der Waals surface area contributed by atoms with E-state index in [-0.39, 0.29) is 18.1 Å². The molecular formula is C14H16N4O4. The number of amides is 1. The number of methoxy groups -OCH3 is 1. The highest BCUT2D eigenvalue weighted by Crippen LogP contribution is 2.14. The fourth-order valence-electron chi connectivity index (χ4n) is 1.87. The van der Waals surface area contributed by atoms with Crippen molar-refractivity contribution in [2.24, 2.45) is 0 Å². The van der Waals surface area contributed by atoms with Gasteiger partial charge in [0.2, 0.25) is 5.91 Å². The summed E-state index contributed by atoms with van der Waals surface area (Å²) in [6, 6.07) is 7.42. The number of likely N-dealkylation sites (N-methyl/N-ethyl adjacent to an activating group) is 1. The van der Waals surface area contributed by atoms with E-state index in [0.717, 1.165) is 11.3 Å². The molecule has 8 heteroatoms. The van der Waals surface area contributed by atoms with E-state index in [9.17, 15) is 9.59 Å². The lowest BCUT2D eigenvalue weighted by molar-refractivity contribution is -0.131. The number of hydrogen-bond donors (Lipinski definition) is 1. The molecule has 1 heterocycles. The van der Waals surface area contributed by atoms with Crippen molar-refractivity contribution in [1.82, 2.24) is 19.9 Å². The molecule has 0 spiro atoms. The van der Waals surface area contributed by atoms with Gasteiger partial charge in [0.1, 0.15) is 12.3 Å². The number of hydrogen-bond acceptors (Lipinski definition) is 5. The molecule has 1 N–H and O–H groups in total. The van der Waals surface area contributed by atoms with Crippen LogP contribution >= 0.6 is 0 Å². The van der Waals surface area contributed by atoms with E-state index in [1.807, 2.05) is 24.3 Å². The Morgan fingerprint density at radius 3 is 2.82 bits per heavy atom. The van der Waals surface area contributed by atoms with Crippen molar-refractivity contribution in [2.75, 3.05) is 14.2 Å². The second-order valence-corrected chi connectivity index (χ2v) is 4.71. The standard InChI is InChI=1S/C14H16N4O4/c1-17(7-10-4-3-5-11(6-10)22-2)13(19)9-18-8-12(14(20)21)15-16-18/h3-6,8H,7,9H2,1-2H3,(H,20,21). The van der Waals surface area contributed by atoms with E-state index in [0.29, 0.717) is 6.54 Å². The maximum atomic E-state index is 12.1. The molecule has 2 aromatic rings. The molecule has 1 amide bonds. The lowest BCUT2D eigenvalue weighted by Crippen LogP contribution is -2.30. The molecule has 0 aliphatic carbocycles. The molecule has 8 nitrogen and oxygen atoms in total. The molecule has 0 saturated carbocycles. The number of ether oxygens (including phenoxy) is 1. The Balaban J connectivity index is 1.97. The number of carboxylic acids is 1. The van der Waals surface area contributed by atoms with Gasteiger partial charge in [-0.05, 0) is 17.7 Å². The monoisotopic (exact) mass is 304 g/mol. The number of aromatic nitrogens is 3. The lowest BCUT2D eigenvalue weighted by atomic mass is 10.2. The molecule has 1 aromatic heterocycles. The van der Waals surface area contributed by atoms with Crippen molar-refractivity contribution in [3.05, 3.63) is 41.7 Å². The lowest BCUT2D eigenvalue weighted by Gasteiger charge is -2.17. The van der Waals surface area contributed by atoms with Crippen LogP contribution in [0, 0.1) is 0 Å². The van der Waals surface area contributed by atoms with Crippen LogP contribution in [0.3, 0.4) is 0 Å². The summed E-state index contributed by atoms with van der Waals surface area (Å²) in [7, 11) is 3.25. The average Bonchev–Trinajstić information content (AvgIpc) is 2.96. The van der Waals surface area contributed by atoms with Crippen molar-refractivity contribution >= 4 is 11.9 Å². The first-order chi connectivity index (χ1) is 10.5. The van der Waals surface area contributed by atoms with Gasteiger partial charge in [0.05, 0.1) is 13.3 Å². The summed E-state index contributed by atoms with van der Waals surface area (Å²) in [5.74, 6) is -0.659. The van der Waals surface area contributed by atoms with Crippen molar-refractivity contribution in [1.29, 1.82) is 0 Å². The molecule has 0 unspecified atom stereocenters. The molecule has 0 atom stereocenters. The van der Waals surface area contributed by atoms with Crippen LogP contribution in [0.25, 0.3) is 0 Å². The number of nitrogens with zero attached hydrogens (tertiary/aromatic N) is 4. The number of carboxylic acid groups (broad SMARTS) is 1. The Morgan fingerprint density at radius 2 is 2.18 bits per heavy atom. The van der Waals surface area contributed by atoms with Crippen molar-refractivity contribution in [2.45, 2.75) is 13.1 Å². The van der Waals surface area contributed by atoms with Gasteiger partial charge in [-0.2, -0.15) is 0 Å². The number of carbonyl (C=O) groups is 2. The third kappa shape index (κ3) is 3.81. The first kappa shape index (κ1) is 15.5. The summed E-state index contributed by atoms with van der Waals surface area (Å²) in [5.41, 5.74) is 0.739. The van der Waals surface area contributed by atoms with E-state index in [1.165, 1.54) is 15.8 Å². The van der Waals surface area contributed by atoms with Crippen LogP contribution in [0.2, 0.25) is 0 Å². The summed E-state index contributed by atoms with van der Waals surface area (Å²) < 4.78 is 6.34. The van der Waals surface area contributed by atoms with Crippen LogP contribution < -0.4 is 4.74 Å². The first-order valence-electron chi connectivity index (χ1n) is 6.50. The molecule has 22 heavy (non-hydrogen) atoms. The number of benzene rings is 1. The number of aromatic carboxylic acids is 1. The Hall–Kier alpha value is -2.90. The smallest absolute Gasteiger partial charge is 0.358 e. The van der Waals surface area contributed by atoms with E-state index in [4.69, 9.17) is 9.84 Å². The number of carbonyl (C=O) groups excluding carboxylic acids is 1. The third-order valence-electron chi connectivity index (χ3n) is 3.03. The zero-order valence-electron chi connectivity index (χ0n) is 12.3. The maximum absolute atomic E-state index is 12.1. The predicted octanol–water partition coefficient (Wildman–Crippen LogP) is 0.643. The van der Waals surface area contributed by atoms with E-state index < -0.39 is 5.97 Å². The largest absolute Gasteiger partial charge is 0.497 e. The molecule has 0 radical (unpaired) electrons. The van der Waals surface area contributed by atoms with Crippen LogP contribution in [0.4, 0.5) is 0 Å². The van der Waals surface area contributed by atoms with Crippen LogP contribution in [0.5, 0.6) is 5.75 Å². The zero-order valence-corrected chi connectivity index (χ0v) is 12.3. The molecule has 0 fully saturated rings. The Kier molecular flexibility index (Phi) is 4.72. The van der Waals surface area contributed by atoms with Crippen molar-refractivity contribution in [3.63, 3.8) is 0 Å². The van der Waals surface area contributed by atoms with Crippen LogP contribution in [-0.2, 0) is 17.9 Å². The highest BCUT2D eigenvalue weighted by molar-refractivity contribution is 5.84. The summed E-state index contributed by atoms with van der Waals surface area (Å²) in [4.78, 5) is 24.3. The second-order valence-electron chi connectivity index (χ2n) is 4.71. The van der Waals surface area contributed by atoms with Crippen LogP contribution in [-0.4, -0.2) is 51.0 Å². The Morgan fingerprint density at radius 1 is 1.41 bits per heavy atom. The average molecular weight is 304 g/mol. The van der Waals surface area contributed by atoms with Gasteiger partial charge in [0.15, 0.2) is 5.69 Å². The summed E-state index contributed by atoms with van der Waals surface area (Å²) in [6.07, 6.45) is 1.22. The van der Waals surface area contributed by atoms with Gasteiger partial charge in [-0.25, -0.2) is 9.48 Å². The Bertz CT molecular complexity index is 683. The summed E-state index contributed by atoms with van der Waals surface area (Å²) >= 11 is 0. The van der Waals surface area contributed by atoms with E-state index >= 15 is 0 Å². The zero-order chi connectivity index (χ0) is 16.1. The number of rotatable bonds is 6. The maximum Gasteiger partial charge on any atom is 0.358 e. The van der Waals surface area contributed by atoms with Gasteiger partial charge in [-0.3, -0.25) is 4.79 Å². The van der Waals surface area contributed by atoms with Crippen LogP contribution in [0.1, 0.15) is 16.1 Å². The molecule has 0 bridgehead atoms. The summed E-state index contributed by atoms with van der Waals surface area (Å²) in [6.45, 7) is 0.345. The molecule has 2 rings (SSSR count). The normalized spacial score (nSPS) is 10.3. The minimum Gasteiger partial charge on any atom is -0.497 e. The predicted molar refractivity (Wildman–Crippen MR) is 76.4 cm³/mol. The second kappa shape index (κ2) is 6.70.